The Kier molecular flexibility index (Phi) is 4.50. The summed E-state index contributed by atoms with van der Waals surface area (Å²) >= 11 is 0. The third-order valence-corrected chi connectivity index (χ3v) is 4.21. The van der Waals surface area contributed by atoms with Crippen LogP contribution in [0.25, 0.3) is 0 Å². The second kappa shape index (κ2) is 6.74. The van der Waals surface area contributed by atoms with Gasteiger partial charge in [-0.3, -0.25) is 4.79 Å². The molecule has 126 valence electrons. The van der Waals surface area contributed by atoms with Crippen molar-refractivity contribution in [2.24, 2.45) is 13.0 Å². The molecule has 1 N–H and O–H groups in total. The van der Waals surface area contributed by atoms with Crippen LogP contribution in [0.5, 0.6) is 0 Å². The molecule has 0 radical (unpaired) electrons. The summed E-state index contributed by atoms with van der Waals surface area (Å²) in [5, 5.41) is 9.45. The van der Waals surface area contributed by atoms with Crippen LogP contribution < -0.4 is 0 Å². The summed E-state index contributed by atoms with van der Waals surface area (Å²) in [6, 6.07) is 9.37. The monoisotopic (exact) mass is 329 g/mol. The molecule has 1 aromatic carbocycles. The Morgan fingerprint density at radius 2 is 2.04 bits per heavy atom. The first-order valence-electron chi connectivity index (χ1n) is 7.71. The smallest absolute Gasteiger partial charge is 0.410 e. The van der Waals surface area contributed by atoms with E-state index in [1.807, 2.05) is 37.4 Å². The molecule has 0 bridgehead atoms. The van der Waals surface area contributed by atoms with Crippen LogP contribution in [-0.4, -0.2) is 44.7 Å². The van der Waals surface area contributed by atoms with Crippen LogP contribution in [0.4, 0.5) is 4.79 Å². The van der Waals surface area contributed by atoms with Crippen LogP contribution in [0.2, 0.25) is 0 Å². The van der Waals surface area contributed by atoms with Crippen molar-refractivity contribution in [2.45, 2.75) is 12.5 Å². The zero-order valence-corrected chi connectivity index (χ0v) is 13.3. The number of aliphatic carboxylic acids is 1. The van der Waals surface area contributed by atoms with Crippen molar-refractivity contribution < 1.29 is 19.4 Å². The van der Waals surface area contributed by atoms with E-state index in [0.717, 1.165) is 5.56 Å². The fourth-order valence-corrected chi connectivity index (χ4v) is 2.94. The van der Waals surface area contributed by atoms with Crippen LogP contribution in [0.15, 0.2) is 42.9 Å². The minimum Gasteiger partial charge on any atom is -0.481 e. The largest absolute Gasteiger partial charge is 0.481 e. The molecule has 1 aromatic heterocycles. The molecule has 2 aromatic rings. The number of amides is 1. The van der Waals surface area contributed by atoms with Crippen molar-refractivity contribution in [3.63, 3.8) is 0 Å². The Hall–Kier alpha value is -2.83. The third-order valence-electron chi connectivity index (χ3n) is 4.21. The topological polar surface area (TPSA) is 84.7 Å². The first kappa shape index (κ1) is 16.0. The van der Waals surface area contributed by atoms with Gasteiger partial charge in [0.2, 0.25) is 0 Å². The molecule has 24 heavy (non-hydrogen) atoms. The summed E-state index contributed by atoms with van der Waals surface area (Å²) in [5.41, 5.74) is 1.57. The molecule has 1 fully saturated rings. The van der Waals surface area contributed by atoms with Gasteiger partial charge in [0, 0.05) is 32.3 Å². The highest BCUT2D eigenvalue weighted by Gasteiger charge is 2.42. The molecule has 1 aliphatic rings. The highest BCUT2D eigenvalue weighted by molar-refractivity contribution is 5.75. The zero-order valence-electron chi connectivity index (χ0n) is 13.3. The van der Waals surface area contributed by atoms with Gasteiger partial charge < -0.3 is 19.3 Å². The molecule has 2 atom stereocenters. The Morgan fingerprint density at radius 1 is 1.29 bits per heavy atom. The van der Waals surface area contributed by atoms with Gasteiger partial charge in [-0.25, -0.2) is 9.78 Å². The molecule has 1 amide bonds. The Morgan fingerprint density at radius 3 is 2.67 bits per heavy atom. The zero-order chi connectivity index (χ0) is 17.1. The lowest BCUT2D eigenvalue weighted by Gasteiger charge is -2.15. The highest BCUT2D eigenvalue weighted by Crippen LogP contribution is 2.32. The maximum atomic E-state index is 12.3. The SMILES string of the molecule is Cn1cnc(C2CN(C(=O)OCc3ccccc3)CC2C(=O)O)c1. The van der Waals surface area contributed by atoms with Crippen molar-refractivity contribution in [1.29, 1.82) is 0 Å². The van der Waals surface area contributed by atoms with Gasteiger partial charge in [0.05, 0.1) is 17.9 Å². The Balaban J connectivity index is 1.66. The number of hydrogen-bond acceptors (Lipinski definition) is 4. The number of rotatable bonds is 4. The van der Waals surface area contributed by atoms with Gasteiger partial charge >= 0.3 is 12.1 Å². The van der Waals surface area contributed by atoms with Gasteiger partial charge in [-0.05, 0) is 5.56 Å². The number of nitrogens with zero attached hydrogens (tertiary/aromatic N) is 3. The molecule has 1 aliphatic heterocycles. The fourth-order valence-electron chi connectivity index (χ4n) is 2.94. The molecule has 2 unspecified atom stereocenters. The molecule has 7 nitrogen and oxygen atoms in total. The average Bonchev–Trinajstić information content (AvgIpc) is 3.20. The van der Waals surface area contributed by atoms with Crippen molar-refractivity contribution in [3.8, 4) is 0 Å². The van der Waals surface area contributed by atoms with E-state index in [9.17, 15) is 14.7 Å². The first-order valence-corrected chi connectivity index (χ1v) is 7.71. The standard InChI is InChI=1S/C17H19N3O4/c1-19-9-15(18-11-19)13-7-20(8-14(13)16(21)22)17(23)24-10-12-5-3-2-4-6-12/h2-6,9,11,13-14H,7-8,10H2,1H3,(H,21,22). The molecular formula is C17H19N3O4. The minimum absolute atomic E-state index is 0.129. The number of benzene rings is 1. The average molecular weight is 329 g/mol. The van der Waals surface area contributed by atoms with Crippen molar-refractivity contribution in [2.75, 3.05) is 13.1 Å². The highest BCUT2D eigenvalue weighted by atomic mass is 16.6. The fraction of sp³-hybridized carbons (Fsp3) is 0.353. The van der Waals surface area contributed by atoms with Gasteiger partial charge in [0.25, 0.3) is 0 Å². The van der Waals surface area contributed by atoms with Crippen LogP contribution in [0, 0.1) is 5.92 Å². The van der Waals surface area contributed by atoms with E-state index in [2.05, 4.69) is 4.98 Å². The lowest BCUT2D eigenvalue weighted by Crippen LogP contribution is -2.30. The van der Waals surface area contributed by atoms with E-state index in [1.54, 1.807) is 17.1 Å². The normalized spacial score (nSPS) is 20.1. The summed E-state index contributed by atoms with van der Waals surface area (Å²) in [4.78, 5) is 29.5. The predicted molar refractivity (Wildman–Crippen MR) is 85.3 cm³/mol. The lowest BCUT2D eigenvalue weighted by atomic mass is 9.94. The number of carboxylic acid groups (broad SMARTS) is 1. The molecule has 2 heterocycles. The summed E-state index contributed by atoms with van der Waals surface area (Å²) in [7, 11) is 1.83. The molecule has 0 spiro atoms. The Labute approximate surface area is 139 Å². The van der Waals surface area contributed by atoms with E-state index in [0.29, 0.717) is 12.2 Å². The van der Waals surface area contributed by atoms with Crippen LogP contribution >= 0.6 is 0 Å². The van der Waals surface area contributed by atoms with Crippen molar-refractivity contribution in [1.82, 2.24) is 14.5 Å². The van der Waals surface area contributed by atoms with Crippen LogP contribution in [0.3, 0.4) is 0 Å². The third kappa shape index (κ3) is 3.40. The number of imidazole rings is 1. The number of ether oxygens (including phenoxy) is 1. The summed E-state index contributed by atoms with van der Waals surface area (Å²) in [6.45, 7) is 0.591. The second-order valence-electron chi connectivity index (χ2n) is 5.96. The maximum Gasteiger partial charge on any atom is 0.410 e. The number of hydrogen-bond donors (Lipinski definition) is 1. The molecule has 0 aliphatic carbocycles. The molecular weight excluding hydrogens is 310 g/mol. The van der Waals surface area contributed by atoms with E-state index in [1.165, 1.54) is 4.90 Å². The van der Waals surface area contributed by atoms with Gasteiger partial charge in [0.1, 0.15) is 6.61 Å². The van der Waals surface area contributed by atoms with Gasteiger partial charge in [0.15, 0.2) is 0 Å². The second-order valence-corrected chi connectivity index (χ2v) is 5.96. The molecule has 0 saturated carbocycles. The van der Waals surface area contributed by atoms with E-state index >= 15 is 0 Å². The van der Waals surface area contributed by atoms with E-state index in [4.69, 9.17) is 4.74 Å². The van der Waals surface area contributed by atoms with Crippen molar-refractivity contribution in [3.05, 3.63) is 54.1 Å². The van der Waals surface area contributed by atoms with Gasteiger partial charge in [-0.2, -0.15) is 0 Å². The number of carbonyl (C=O) groups is 2. The molecule has 7 heteroatoms. The Bertz CT molecular complexity index is 728. The van der Waals surface area contributed by atoms with Crippen LogP contribution in [-0.2, 0) is 23.2 Å². The number of likely N-dealkylation sites (tertiary alicyclic amines) is 1. The first-order chi connectivity index (χ1) is 11.5. The van der Waals surface area contributed by atoms with Crippen molar-refractivity contribution >= 4 is 12.1 Å². The minimum atomic E-state index is -0.927. The van der Waals surface area contributed by atoms with Gasteiger partial charge in [-0.15, -0.1) is 0 Å². The number of aromatic nitrogens is 2. The quantitative estimate of drug-likeness (QED) is 0.925. The van der Waals surface area contributed by atoms with E-state index < -0.39 is 18.0 Å². The summed E-state index contributed by atoms with van der Waals surface area (Å²) < 4.78 is 7.07. The number of carboxylic acids is 1. The summed E-state index contributed by atoms with van der Waals surface area (Å²) in [6.07, 6.45) is 2.92. The lowest BCUT2D eigenvalue weighted by molar-refractivity contribution is -0.141. The van der Waals surface area contributed by atoms with Crippen LogP contribution in [0.1, 0.15) is 17.2 Å². The number of aryl methyl sites for hydroxylation is 1. The molecule has 1 saturated heterocycles. The molecule has 3 rings (SSSR count). The number of carbonyl (C=O) groups excluding carboxylic acids is 1. The van der Waals surface area contributed by atoms with E-state index in [-0.39, 0.29) is 19.1 Å². The predicted octanol–water partition coefficient (Wildman–Crippen LogP) is 1.86. The summed E-state index contributed by atoms with van der Waals surface area (Å²) in [5.74, 6) is -1.93. The van der Waals surface area contributed by atoms with Gasteiger partial charge in [-0.1, -0.05) is 30.3 Å². The maximum absolute atomic E-state index is 12.3.